The second-order valence-electron chi connectivity index (χ2n) is 13.7. The summed E-state index contributed by atoms with van der Waals surface area (Å²) in [5.41, 5.74) is 11.0. The minimum absolute atomic E-state index is 0.350. The van der Waals surface area contributed by atoms with Gasteiger partial charge in [-0.25, -0.2) is 0 Å². The van der Waals surface area contributed by atoms with E-state index in [1.807, 2.05) is 0 Å². The zero-order valence-corrected chi connectivity index (χ0v) is 29.6. The molecule has 2 heteroatoms. The molecule has 7 aromatic carbocycles. The van der Waals surface area contributed by atoms with Crippen molar-refractivity contribution in [3.8, 4) is 16.8 Å². The fraction of sp³-hybridized carbons (Fsp3) is 0.0800. The Hall–Kier alpha value is -6.38. The van der Waals surface area contributed by atoms with E-state index in [1.54, 1.807) is 0 Å². The molecule has 1 atom stereocenters. The lowest BCUT2D eigenvalue weighted by atomic mass is 9.89. The Balaban J connectivity index is 1.20. The van der Waals surface area contributed by atoms with E-state index in [9.17, 15) is 0 Å². The highest BCUT2D eigenvalue weighted by Gasteiger charge is 2.21. The first-order valence-electron chi connectivity index (χ1n) is 18.2. The molecule has 0 aliphatic heterocycles. The maximum Gasteiger partial charge on any atom is 0.0620 e. The number of aromatic nitrogens is 1. The zero-order valence-electron chi connectivity index (χ0n) is 29.6. The van der Waals surface area contributed by atoms with E-state index in [0.29, 0.717) is 5.92 Å². The van der Waals surface area contributed by atoms with Gasteiger partial charge in [0.25, 0.3) is 0 Å². The largest absolute Gasteiger partial charge is 0.345 e. The van der Waals surface area contributed by atoms with E-state index in [0.717, 1.165) is 12.1 Å². The monoisotopic (exact) mass is 668 g/mol. The average molecular weight is 669 g/mol. The van der Waals surface area contributed by atoms with Crippen molar-refractivity contribution in [2.45, 2.75) is 19.3 Å². The van der Waals surface area contributed by atoms with E-state index < -0.39 is 0 Å². The summed E-state index contributed by atoms with van der Waals surface area (Å²) in [6, 6.07) is 53.4. The SMILES string of the molecule is C/C=C\C=C/c1cc2ccccc2c2c3c(-c4ccc(C5C=CC(N(C)c6ccccc6)=CC5)cc4)cccc3n(-c3ccc4ccccc4c3)c12. The normalized spacial score (nSPS) is 14.7. The fourth-order valence-electron chi connectivity index (χ4n) is 8.00. The number of rotatable bonds is 7. The summed E-state index contributed by atoms with van der Waals surface area (Å²) < 4.78 is 2.49. The Labute approximate surface area is 305 Å². The van der Waals surface area contributed by atoms with Gasteiger partial charge in [-0.15, -0.1) is 0 Å². The minimum atomic E-state index is 0.350. The number of likely N-dealkylation sites (N-methyl/N-ethyl adjacent to an activating group) is 1. The van der Waals surface area contributed by atoms with Gasteiger partial charge in [0.15, 0.2) is 0 Å². The molecule has 1 unspecified atom stereocenters. The highest BCUT2D eigenvalue weighted by molar-refractivity contribution is 6.26. The third-order valence-electron chi connectivity index (χ3n) is 10.6. The number of nitrogens with zero attached hydrogens (tertiary/aromatic N) is 2. The van der Waals surface area contributed by atoms with Crippen LogP contribution in [0.1, 0.15) is 30.4 Å². The topological polar surface area (TPSA) is 8.17 Å². The number of hydrogen-bond acceptors (Lipinski definition) is 1. The first kappa shape index (κ1) is 31.6. The molecule has 0 saturated heterocycles. The van der Waals surface area contributed by atoms with Crippen LogP contribution in [-0.4, -0.2) is 11.6 Å². The molecule has 52 heavy (non-hydrogen) atoms. The van der Waals surface area contributed by atoms with Gasteiger partial charge in [-0.05, 0) is 99.6 Å². The molecule has 0 radical (unpaired) electrons. The molecular formula is C50H40N2. The molecular weight excluding hydrogens is 629 g/mol. The lowest BCUT2D eigenvalue weighted by molar-refractivity contribution is 0.837. The molecule has 1 aliphatic carbocycles. The maximum absolute atomic E-state index is 2.49. The predicted octanol–water partition coefficient (Wildman–Crippen LogP) is 13.4. The summed E-state index contributed by atoms with van der Waals surface area (Å²) in [6.45, 7) is 2.06. The first-order chi connectivity index (χ1) is 25.7. The minimum Gasteiger partial charge on any atom is -0.345 e. The Morgan fingerprint density at radius 3 is 2.23 bits per heavy atom. The number of anilines is 1. The van der Waals surface area contributed by atoms with Gasteiger partial charge in [0, 0.05) is 40.8 Å². The van der Waals surface area contributed by atoms with Crippen LogP contribution < -0.4 is 4.90 Å². The summed E-state index contributed by atoms with van der Waals surface area (Å²) in [4.78, 5) is 2.26. The summed E-state index contributed by atoms with van der Waals surface area (Å²) in [7, 11) is 2.14. The van der Waals surface area contributed by atoms with E-state index >= 15 is 0 Å². The zero-order chi connectivity index (χ0) is 35.0. The molecule has 250 valence electrons. The Kier molecular flexibility index (Phi) is 8.14. The molecule has 1 heterocycles. The molecule has 0 N–H and O–H groups in total. The van der Waals surface area contributed by atoms with Crippen LogP contribution in [0.25, 0.3) is 66.2 Å². The smallest absolute Gasteiger partial charge is 0.0620 e. The fourth-order valence-corrected chi connectivity index (χ4v) is 8.00. The summed E-state index contributed by atoms with van der Waals surface area (Å²) in [6.07, 6.45) is 16.6. The van der Waals surface area contributed by atoms with Gasteiger partial charge in [0.1, 0.15) is 0 Å². The van der Waals surface area contributed by atoms with Crippen molar-refractivity contribution in [1.82, 2.24) is 4.57 Å². The molecule has 1 aliphatic rings. The quantitative estimate of drug-likeness (QED) is 0.153. The third-order valence-corrected chi connectivity index (χ3v) is 10.6. The second-order valence-corrected chi connectivity index (χ2v) is 13.7. The van der Waals surface area contributed by atoms with Crippen LogP contribution in [0.2, 0.25) is 0 Å². The Bertz CT molecular complexity index is 2720. The highest BCUT2D eigenvalue weighted by Crippen LogP contribution is 2.44. The van der Waals surface area contributed by atoms with E-state index in [-0.39, 0.29) is 0 Å². The standard InChI is InChI=1S/C50H40N2/c1-3-4-6-17-41-33-40-16-11-12-20-46(40)49-48-45(21-13-22-47(48)52(50(41)49)44-32-29-35-14-9-10-15-39(35)34-44)38-25-23-36(24-26-38)37-27-30-43(31-28-37)51(2)42-18-7-5-8-19-42/h3-27,29-34,37H,28H2,1-2H3/b4-3-,17-6-. The van der Waals surface area contributed by atoms with Gasteiger partial charge < -0.3 is 9.47 Å². The molecule has 0 saturated carbocycles. The lowest BCUT2D eigenvalue weighted by Crippen LogP contribution is -2.16. The van der Waals surface area contributed by atoms with Crippen molar-refractivity contribution < 1.29 is 0 Å². The lowest BCUT2D eigenvalue weighted by Gasteiger charge is -2.25. The third kappa shape index (κ3) is 5.54. The second kappa shape index (κ2) is 13.4. The van der Waals surface area contributed by atoms with Crippen LogP contribution in [-0.2, 0) is 0 Å². The molecule has 0 spiro atoms. The number of benzene rings is 7. The van der Waals surface area contributed by atoms with Gasteiger partial charge in [0.05, 0.1) is 11.0 Å². The van der Waals surface area contributed by atoms with Crippen molar-refractivity contribution in [2.24, 2.45) is 0 Å². The summed E-state index contributed by atoms with van der Waals surface area (Å²) >= 11 is 0. The molecule has 0 amide bonds. The molecule has 9 rings (SSSR count). The van der Waals surface area contributed by atoms with Crippen LogP contribution in [0.3, 0.4) is 0 Å². The van der Waals surface area contributed by atoms with Crippen molar-refractivity contribution in [1.29, 1.82) is 0 Å². The van der Waals surface area contributed by atoms with Crippen LogP contribution in [0.15, 0.2) is 188 Å². The Morgan fingerprint density at radius 2 is 1.44 bits per heavy atom. The van der Waals surface area contributed by atoms with Crippen molar-refractivity contribution in [2.75, 3.05) is 11.9 Å². The summed E-state index contributed by atoms with van der Waals surface area (Å²) in [5, 5.41) is 7.56. The molecule has 1 aromatic heterocycles. The van der Waals surface area contributed by atoms with Gasteiger partial charge in [-0.3, -0.25) is 0 Å². The van der Waals surface area contributed by atoms with E-state index in [2.05, 4.69) is 212 Å². The van der Waals surface area contributed by atoms with Crippen LogP contribution in [0, 0.1) is 0 Å². The molecule has 2 nitrogen and oxygen atoms in total. The van der Waals surface area contributed by atoms with Crippen LogP contribution in [0.4, 0.5) is 5.69 Å². The van der Waals surface area contributed by atoms with Crippen LogP contribution >= 0.6 is 0 Å². The first-order valence-corrected chi connectivity index (χ1v) is 18.2. The van der Waals surface area contributed by atoms with Crippen molar-refractivity contribution in [3.05, 3.63) is 199 Å². The average Bonchev–Trinajstić information content (AvgIpc) is 3.57. The maximum atomic E-state index is 2.49. The van der Waals surface area contributed by atoms with Gasteiger partial charge in [0.2, 0.25) is 0 Å². The highest BCUT2D eigenvalue weighted by atomic mass is 15.1. The number of allylic oxidation sites excluding steroid dienone is 6. The van der Waals surface area contributed by atoms with Crippen molar-refractivity contribution in [3.63, 3.8) is 0 Å². The number of para-hydroxylation sites is 1. The van der Waals surface area contributed by atoms with Gasteiger partial charge >= 0.3 is 0 Å². The number of hydrogen-bond donors (Lipinski definition) is 0. The molecule has 8 aromatic rings. The van der Waals surface area contributed by atoms with Gasteiger partial charge in [-0.2, -0.15) is 0 Å². The van der Waals surface area contributed by atoms with Crippen molar-refractivity contribution >= 4 is 55.1 Å². The number of fused-ring (bicyclic) bond motifs is 6. The Morgan fingerprint density at radius 1 is 0.673 bits per heavy atom. The van der Waals surface area contributed by atoms with E-state index in [4.69, 9.17) is 0 Å². The molecule has 0 fully saturated rings. The van der Waals surface area contributed by atoms with Crippen LogP contribution in [0.5, 0.6) is 0 Å². The predicted molar refractivity (Wildman–Crippen MR) is 225 cm³/mol. The van der Waals surface area contributed by atoms with Gasteiger partial charge in [-0.1, -0.05) is 146 Å². The molecule has 0 bridgehead atoms. The summed E-state index contributed by atoms with van der Waals surface area (Å²) in [5.74, 6) is 0.350. The van der Waals surface area contributed by atoms with E-state index in [1.165, 1.54) is 77.0 Å².